The number of aryl methyl sites for hydroxylation is 1. The van der Waals surface area contributed by atoms with Gasteiger partial charge in [0.15, 0.2) is 0 Å². The van der Waals surface area contributed by atoms with Crippen LogP contribution < -0.4 is 11.3 Å². The van der Waals surface area contributed by atoms with Crippen LogP contribution >= 0.6 is 0 Å². The summed E-state index contributed by atoms with van der Waals surface area (Å²) in [4.78, 5) is 15.6. The summed E-state index contributed by atoms with van der Waals surface area (Å²) in [5.74, 6) is 0.428. The van der Waals surface area contributed by atoms with Crippen molar-refractivity contribution >= 4 is 5.82 Å². The second kappa shape index (κ2) is 4.14. The summed E-state index contributed by atoms with van der Waals surface area (Å²) < 4.78 is 1.36. The molecule has 0 aliphatic carbocycles. The van der Waals surface area contributed by atoms with Gasteiger partial charge in [0, 0.05) is 17.8 Å². The Hall–Kier alpha value is -2.17. The number of nitrogens with two attached hydrogens (primary N) is 1. The standard InChI is InChI=1S/C11H12N4O/c1-8-5-10(16)15(14-6-8)7-9-3-2-4-13-11(9)12/h2-6H,7H2,1H3,(H2,12,13). The first-order valence-corrected chi connectivity index (χ1v) is 4.90. The third-order valence-electron chi connectivity index (χ3n) is 2.25. The molecule has 82 valence electrons. The smallest absolute Gasteiger partial charge is 0.267 e. The molecular weight excluding hydrogens is 204 g/mol. The summed E-state index contributed by atoms with van der Waals surface area (Å²) in [6.07, 6.45) is 3.26. The minimum atomic E-state index is -0.136. The van der Waals surface area contributed by atoms with Gasteiger partial charge < -0.3 is 5.73 Å². The molecule has 0 spiro atoms. The summed E-state index contributed by atoms with van der Waals surface area (Å²) in [5.41, 5.74) is 7.20. The average Bonchev–Trinajstić information content (AvgIpc) is 2.25. The van der Waals surface area contributed by atoms with Crippen molar-refractivity contribution in [3.05, 3.63) is 52.1 Å². The molecule has 2 aromatic heterocycles. The summed E-state index contributed by atoms with van der Waals surface area (Å²) in [6, 6.07) is 5.15. The maximum Gasteiger partial charge on any atom is 0.267 e. The molecule has 0 radical (unpaired) electrons. The van der Waals surface area contributed by atoms with Crippen molar-refractivity contribution in [2.45, 2.75) is 13.5 Å². The summed E-state index contributed by atoms with van der Waals surface area (Å²) in [7, 11) is 0. The van der Waals surface area contributed by atoms with Crippen molar-refractivity contribution < 1.29 is 0 Å². The topological polar surface area (TPSA) is 73.8 Å². The molecule has 0 aliphatic heterocycles. The van der Waals surface area contributed by atoms with E-state index in [0.717, 1.165) is 11.1 Å². The van der Waals surface area contributed by atoms with Gasteiger partial charge in [-0.15, -0.1) is 0 Å². The molecule has 2 N–H and O–H groups in total. The molecule has 2 rings (SSSR count). The van der Waals surface area contributed by atoms with Crippen LogP contribution in [-0.2, 0) is 6.54 Å². The molecule has 0 aliphatic rings. The highest BCUT2D eigenvalue weighted by molar-refractivity contribution is 5.38. The minimum Gasteiger partial charge on any atom is -0.383 e. The molecule has 16 heavy (non-hydrogen) atoms. The Bertz CT molecular complexity index is 562. The SMILES string of the molecule is Cc1cnn(Cc2cccnc2N)c(=O)c1. The summed E-state index contributed by atoms with van der Waals surface area (Å²) in [6.45, 7) is 2.18. The first-order chi connectivity index (χ1) is 7.66. The van der Waals surface area contributed by atoms with Gasteiger partial charge in [-0.1, -0.05) is 6.07 Å². The number of aromatic nitrogens is 3. The van der Waals surface area contributed by atoms with E-state index in [1.807, 2.05) is 13.0 Å². The van der Waals surface area contributed by atoms with Gasteiger partial charge in [-0.2, -0.15) is 5.10 Å². The number of hydrogen-bond acceptors (Lipinski definition) is 4. The highest BCUT2D eigenvalue weighted by atomic mass is 16.1. The van der Waals surface area contributed by atoms with E-state index in [4.69, 9.17) is 5.73 Å². The molecule has 0 unspecified atom stereocenters. The monoisotopic (exact) mass is 216 g/mol. The van der Waals surface area contributed by atoms with Gasteiger partial charge in [-0.25, -0.2) is 9.67 Å². The average molecular weight is 216 g/mol. The van der Waals surface area contributed by atoms with E-state index in [2.05, 4.69) is 10.1 Å². The lowest BCUT2D eigenvalue weighted by Gasteiger charge is -2.06. The zero-order chi connectivity index (χ0) is 11.5. The number of nitrogen functional groups attached to an aromatic ring is 1. The van der Waals surface area contributed by atoms with E-state index in [1.54, 1.807) is 24.5 Å². The number of anilines is 1. The van der Waals surface area contributed by atoms with Crippen molar-refractivity contribution in [3.63, 3.8) is 0 Å². The van der Waals surface area contributed by atoms with Gasteiger partial charge >= 0.3 is 0 Å². The van der Waals surface area contributed by atoms with Gasteiger partial charge in [0.1, 0.15) is 5.82 Å². The van der Waals surface area contributed by atoms with Gasteiger partial charge in [0.2, 0.25) is 0 Å². The molecule has 2 heterocycles. The zero-order valence-electron chi connectivity index (χ0n) is 8.92. The van der Waals surface area contributed by atoms with Crippen molar-refractivity contribution in [1.29, 1.82) is 0 Å². The highest BCUT2D eigenvalue weighted by Gasteiger charge is 2.03. The fraction of sp³-hybridized carbons (Fsp3) is 0.182. The van der Waals surface area contributed by atoms with Crippen molar-refractivity contribution in [2.75, 3.05) is 5.73 Å². The Morgan fingerprint density at radius 2 is 2.31 bits per heavy atom. The first kappa shape index (κ1) is 10.4. The first-order valence-electron chi connectivity index (χ1n) is 4.90. The number of pyridine rings is 1. The van der Waals surface area contributed by atoms with E-state index in [9.17, 15) is 4.79 Å². The maximum absolute atomic E-state index is 11.6. The largest absolute Gasteiger partial charge is 0.383 e. The molecule has 5 nitrogen and oxygen atoms in total. The highest BCUT2D eigenvalue weighted by Crippen LogP contribution is 2.07. The Labute approximate surface area is 92.6 Å². The van der Waals surface area contributed by atoms with Gasteiger partial charge in [0.25, 0.3) is 5.56 Å². The molecule has 0 bridgehead atoms. The fourth-order valence-electron chi connectivity index (χ4n) is 1.39. The van der Waals surface area contributed by atoms with Crippen molar-refractivity contribution in [1.82, 2.24) is 14.8 Å². The van der Waals surface area contributed by atoms with E-state index >= 15 is 0 Å². The van der Waals surface area contributed by atoms with Crippen LogP contribution in [0, 0.1) is 6.92 Å². The molecule has 0 atom stereocenters. The summed E-state index contributed by atoms with van der Waals surface area (Å²) >= 11 is 0. The Morgan fingerprint density at radius 1 is 1.50 bits per heavy atom. The van der Waals surface area contributed by atoms with E-state index in [0.29, 0.717) is 12.4 Å². The van der Waals surface area contributed by atoms with E-state index in [-0.39, 0.29) is 5.56 Å². The maximum atomic E-state index is 11.6. The number of hydrogen-bond donors (Lipinski definition) is 1. The molecule has 0 amide bonds. The van der Waals surface area contributed by atoms with Crippen LogP contribution in [0.1, 0.15) is 11.1 Å². The van der Waals surface area contributed by atoms with E-state index < -0.39 is 0 Å². The quantitative estimate of drug-likeness (QED) is 0.796. The van der Waals surface area contributed by atoms with Crippen LogP contribution in [0.15, 0.2) is 35.4 Å². The zero-order valence-corrected chi connectivity index (χ0v) is 8.92. The normalized spacial score (nSPS) is 10.3. The molecule has 0 aromatic carbocycles. The molecule has 2 aromatic rings. The molecule has 0 saturated carbocycles. The van der Waals surface area contributed by atoms with Crippen LogP contribution in [-0.4, -0.2) is 14.8 Å². The third kappa shape index (κ3) is 2.08. The lowest BCUT2D eigenvalue weighted by atomic mass is 10.2. The van der Waals surface area contributed by atoms with Gasteiger partial charge in [-0.3, -0.25) is 4.79 Å². The van der Waals surface area contributed by atoms with Crippen molar-refractivity contribution in [2.24, 2.45) is 0 Å². The van der Waals surface area contributed by atoms with Crippen LogP contribution in [0.4, 0.5) is 5.82 Å². The van der Waals surface area contributed by atoms with E-state index in [1.165, 1.54) is 4.68 Å². The van der Waals surface area contributed by atoms with Crippen molar-refractivity contribution in [3.8, 4) is 0 Å². The molecule has 0 fully saturated rings. The Morgan fingerprint density at radius 3 is 3.00 bits per heavy atom. The lowest BCUT2D eigenvalue weighted by molar-refractivity contribution is 0.636. The second-order valence-electron chi connectivity index (χ2n) is 3.58. The Balaban J connectivity index is 2.35. The molecular formula is C11H12N4O. The second-order valence-corrected chi connectivity index (χ2v) is 3.58. The van der Waals surface area contributed by atoms with Crippen LogP contribution in [0.5, 0.6) is 0 Å². The van der Waals surface area contributed by atoms with Crippen LogP contribution in [0.25, 0.3) is 0 Å². The van der Waals surface area contributed by atoms with Gasteiger partial charge in [0.05, 0.1) is 12.7 Å². The predicted molar refractivity (Wildman–Crippen MR) is 61.0 cm³/mol. The number of nitrogens with zero attached hydrogens (tertiary/aromatic N) is 3. The van der Waals surface area contributed by atoms with Crippen LogP contribution in [0.2, 0.25) is 0 Å². The molecule has 5 heteroatoms. The number of rotatable bonds is 2. The minimum absolute atomic E-state index is 0.136. The third-order valence-corrected chi connectivity index (χ3v) is 2.25. The predicted octanol–water partition coefficient (Wildman–Crippen LogP) is 0.577. The Kier molecular flexibility index (Phi) is 2.68. The van der Waals surface area contributed by atoms with Gasteiger partial charge in [-0.05, 0) is 18.6 Å². The molecule has 0 saturated heterocycles. The fourth-order valence-corrected chi connectivity index (χ4v) is 1.39. The summed E-state index contributed by atoms with van der Waals surface area (Å²) in [5, 5.41) is 4.04. The van der Waals surface area contributed by atoms with Crippen LogP contribution in [0.3, 0.4) is 0 Å². The lowest BCUT2D eigenvalue weighted by Crippen LogP contribution is -2.23.